The van der Waals surface area contributed by atoms with E-state index in [2.05, 4.69) is 33.0 Å². The molecule has 1 amide bonds. The summed E-state index contributed by atoms with van der Waals surface area (Å²) < 4.78 is 0. The maximum atomic E-state index is 12.1. The number of hydrogen-bond acceptors (Lipinski definition) is 2. The largest absolute Gasteiger partial charge is 0.356 e. The Kier molecular flexibility index (Phi) is 6.13. The highest BCUT2D eigenvalue weighted by molar-refractivity contribution is 5.79. The fraction of sp³-hybridized carbons (Fsp3) is 0.933. The first-order valence-electron chi connectivity index (χ1n) is 7.45. The molecule has 0 aromatic rings. The van der Waals surface area contributed by atoms with Crippen molar-refractivity contribution in [3.8, 4) is 0 Å². The second kappa shape index (κ2) is 7.13. The number of nitrogens with one attached hydrogen (secondary N) is 1. The summed E-state index contributed by atoms with van der Waals surface area (Å²) in [6.45, 7) is 9.61. The Morgan fingerprint density at radius 2 is 1.94 bits per heavy atom. The van der Waals surface area contributed by atoms with Crippen molar-refractivity contribution in [2.75, 3.05) is 6.54 Å². The molecular weight excluding hydrogens is 224 g/mol. The summed E-state index contributed by atoms with van der Waals surface area (Å²) in [5.41, 5.74) is 6.08. The van der Waals surface area contributed by atoms with E-state index in [9.17, 15) is 4.79 Å². The van der Waals surface area contributed by atoms with Crippen LogP contribution in [-0.4, -0.2) is 18.5 Å². The lowest BCUT2D eigenvalue weighted by atomic mass is 9.72. The van der Waals surface area contributed by atoms with Crippen molar-refractivity contribution in [1.29, 1.82) is 0 Å². The first-order chi connectivity index (χ1) is 8.41. The molecule has 0 heterocycles. The van der Waals surface area contributed by atoms with E-state index in [1.165, 1.54) is 6.42 Å². The van der Waals surface area contributed by atoms with Gasteiger partial charge in [-0.15, -0.1) is 0 Å². The summed E-state index contributed by atoms with van der Waals surface area (Å²) in [4.78, 5) is 12.1. The molecule has 0 aromatic carbocycles. The zero-order valence-corrected chi connectivity index (χ0v) is 12.4. The molecular formula is C15H30N2O. The van der Waals surface area contributed by atoms with E-state index in [0.29, 0.717) is 17.8 Å². The highest BCUT2D eigenvalue weighted by atomic mass is 16.1. The minimum Gasteiger partial charge on any atom is -0.356 e. The van der Waals surface area contributed by atoms with Gasteiger partial charge < -0.3 is 11.1 Å². The van der Waals surface area contributed by atoms with E-state index < -0.39 is 0 Å². The van der Waals surface area contributed by atoms with Crippen LogP contribution in [-0.2, 0) is 4.79 Å². The SMILES string of the molecule is CC(C)CCCNC(=O)C1CC(N)C(C)CC1C. The van der Waals surface area contributed by atoms with Gasteiger partial charge in [-0.2, -0.15) is 0 Å². The van der Waals surface area contributed by atoms with Crippen LogP contribution >= 0.6 is 0 Å². The molecule has 4 atom stereocenters. The Labute approximate surface area is 112 Å². The molecule has 106 valence electrons. The van der Waals surface area contributed by atoms with Gasteiger partial charge in [0.15, 0.2) is 0 Å². The Morgan fingerprint density at radius 3 is 2.56 bits per heavy atom. The van der Waals surface area contributed by atoms with Gasteiger partial charge in [0.2, 0.25) is 5.91 Å². The van der Waals surface area contributed by atoms with Crippen LogP contribution in [0, 0.1) is 23.7 Å². The Bertz CT molecular complexity index is 265. The maximum absolute atomic E-state index is 12.1. The van der Waals surface area contributed by atoms with Crippen LogP contribution in [0.4, 0.5) is 0 Å². The Hall–Kier alpha value is -0.570. The fourth-order valence-electron chi connectivity index (χ4n) is 2.90. The summed E-state index contributed by atoms with van der Waals surface area (Å²) in [6, 6.07) is 0.188. The second-order valence-electron chi connectivity index (χ2n) is 6.52. The molecule has 1 aliphatic carbocycles. The van der Waals surface area contributed by atoms with E-state index >= 15 is 0 Å². The number of nitrogens with two attached hydrogens (primary N) is 1. The van der Waals surface area contributed by atoms with Crippen LogP contribution < -0.4 is 11.1 Å². The van der Waals surface area contributed by atoms with Gasteiger partial charge in [0.25, 0.3) is 0 Å². The van der Waals surface area contributed by atoms with E-state index in [1.54, 1.807) is 0 Å². The summed E-state index contributed by atoms with van der Waals surface area (Å²) in [5, 5.41) is 3.08. The standard InChI is InChI=1S/C15H30N2O/c1-10(2)6-5-7-17-15(18)13-9-14(16)12(4)8-11(13)3/h10-14H,5-9,16H2,1-4H3,(H,17,18). The summed E-state index contributed by atoms with van der Waals surface area (Å²) >= 11 is 0. The first kappa shape index (κ1) is 15.5. The van der Waals surface area contributed by atoms with Crippen LogP contribution in [0.1, 0.15) is 53.4 Å². The van der Waals surface area contributed by atoms with Crippen LogP contribution in [0.15, 0.2) is 0 Å². The second-order valence-corrected chi connectivity index (χ2v) is 6.52. The zero-order chi connectivity index (χ0) is 13.7. The van der Waals surface area contributed by atoms with Gasteiger partial charge in [-0.05, 0) is 43.4 Å². The van der Waals surface area contributed by atoms with Crippen LogP contribution in [0.25, 0.3) is 0 Å². The summed E-state index contributed by atoms with van der Waals surface area (Å²) in [7, 11) is 0. The van der Waals surface area contributed by atoms with E-state index in [-0.39, 0.29) is 17.9 Å². The minimum atomic E-state index is 0.121. The molecule has 0 aromatic heterocycles. The first-order valence-corrected chi connectivity index (χ1v) is 7.45. The van der Waals surface area contributed by atoms with Gasteiger partial charge in [0.1, 0.15) is 0 Å². The third-order valence-electron chi connectivity index (χ3n) is 4.28. The maximum Gasteiger partial charge on any atom is 0.223 e. The van der Waals surface area contributed by atoms with Crippen LogP contribution in [0.3, 0.4) is 0 Å². The topological polar surface area (TPSA) is 55.1 Å². The predicted octanol–water partition coefficient (Wildman–Crippen LogP) is 2.55. The van der Waals surface area contributed by atoms with Crippen molar-refractivity contribution in [2.45, 2.75) is 59.4 Å². The lowest BCUT2D eigenvalue weighted by Crippen LogP contribution is -2.45. The molecule has 0 saturated heterocycles. The van der Waals surface area contributed by atoms with Crippen molar-refractivity contribution in [1.82, 2.24) is 5.32 Å². The summed E-state index contributed by atoms with van der Waals surface area (Å²) in [5.74, 6) is 2.06. The number of rotatable bonds is 5. The normalized spacial score (nSPS) is 32.6. The molecule has 4 unspecified atom stereocenters. The molecule has 1 aliphatic rings. The molecule has 1 rings (SSSR count). The van der Waals surface area contributed by atoms with Gasteiger partial charge in [0.05, 0.1) is 0 Å². The predicted molar refractivity (Wildman–Crippen MR) is 76.1 cm³/mol. The molecule has 3 nitrogen and oxygen atoms in total. The molecule has 3 N–H and O–H groups in total. The molecule has 0 aliphatic heterocycles. The van der Waals surface area contributed by atoms with Crippen LogP contribution in [0.5, 0.6) is 0 Å². The van der Waals surface area contributed by atoms with E-state index in [4.69, 9.17) is 5.73 Å². The molecule has 3 heteroatoms. The molecule has 0 spiro atoms. The molecule has 0 radical (unpaired) electrons. The Balaban J connectivity index is 2.32. The Morgan fingerprint density at radius 1 is 1.28 bits per heavy atom. The number of carbonyl (C=O) groups excluding carboxylic acids is 1. The van der Waals surface area contributed by atoms with Crippen molar-refractivity contribution in [3.63, 3.8) is 0 Å². The lowest BCUT2D eigenvalue weighted by molar-refractivity contribution is -0.128. The van der Waals surface area contributed by atoms with Gasteiger partial charge >= 0.3 is 0 Å². The van der Waals surface area contributed by atoms with Gasteiger partial charge in [-0.3, -0.25) is 4.79 Å². The third-order valence-corrected chi connectivity index (χ3v) is 4.28. The number of carbonyl (C=O) groups is 1. The van der Waals surface area contributed by atoms with Crippen molar-refractivity contribution in [3.05, 3.63) is 0 Å². The van der Waals surface area contributed by atoms with Crippen LogP contribution in [0.2, 0.25) is 0 Å². The molecule has 1 fully saturated rings. The van der Waals surface area contributed by atoms with Gasteiger partial charge in [-0.25, -0.2) is 0 Å². The average molecular weight is 254 g/mol. The van der Waals surface area contributed by atoms with Crippen molar-refractivity contribution in [2.24, 2.45) is 29.4 Å². The average Bonchev–Trinajstić information content (AvgIpc) is 2.28. The number of amides is 1. The minimum absolute atomic E-state index is 0.121. The lowest BCUT2D eigenvalue weighted by Gasteiger charge is -2.36. The molecule has 1 saturated carbocycles. The smallest absolute Gasteiger partial charge is 0.223 e. The fourth-order valence-corrected chi connectivity index (χ4v) is 2.90. The quantitative estimate of drug-likeness (QED) is 0.741. The van der Waals surface area contributed by atoms with Crippen molar-refractivity contribution >= 4 is 5.91 Å². The van der Waals surface area contributed by atoms with E-state index in [0.717, 1.165) is 25.8 Å². The highest BCUT2D eigenvalue weighted by Crippen LogP contribution is 2.32. The number of hydrogen-bond donors (Lipinski definition) is 2. The molecule has 0 bridgehead atoms. The van der Waals surface area contributed by atoms with E-state index in [1.807, 2.05) is 0 Å². The van der Waals surface area contributed by atoms with Gasteiger partial charge in [-0.1, -0.05) is 27.7 Å². The van der Waals surface area contributed by atoms with Crippen molar-refractivity contribution < 1.29 is 4.79 Å². The zero-order valence-electron chi connectivity index (χ0n) is 12.4. The highest BCUT2D eigenvalue weighted by Gasteiger charge is 2.34. The third kappa shape index (κ3) is 4.60. The van der Waals surface area contributed by atoms with Gasteiger partial charge in [0, 0.05) is 18.5 Å². The molecule has 18 heavy (non-hydrogen) atoms. The monoisotopic (exact) mass is 254 g/mol. The summed E-state index contributed by atoms with van der Waals surface area (Å²) in [6.07, 6.45) is 4.17.